The summed E-state index contributed by atoms with van der Waals surface area (Å²) in [6.07, 6.45) is 1.28. The van der Waals surface area contributed by atoms with Gasteiger partial charge in [0, 0.05) is 31.7 Å². The summed E-state index contributed by atoms with van der Waals surface area (Å²) >= 11 is 0. The van der Waals surface area contributed by atoms with Crippen LogP contribution in [0.4, 0.5) is 5.69 Å². The van der Waals surface area contributed by atoms with Gasteiger partial charge in [0.2, 0.25) is 5.91 Å². The monoisotopic (exact) mass is 380 g/mol. The molecule has 0 bridgehead atoms. The Morgan fingerprint density at radius 3 is 2.18 bits per heavy atom. The van der Waals surface area contributed by atoms with Gasteiger partial charge in [-0.2, -0.15) is 0 Å². The highest BCUT2D eigenvalue weighted by Gasteiger charge is 2.13. The minimum atomic E-state index is 0.0946. The molecule has 2 aromatic rings. The maximum Gasteiger partial charge on any atom is 0.220 e. The van der Waals surface area contributed by atoms with E-state index in [1.165, 1.54) is 16.8 Å². The Morgan fingerprint density at radius 1 is 0.964 bits per heavy atom. The molecule has 0 atom stereocenters. The van der Waals surface area contributed by atoms with Gasteiger partial charge in [-0.25, -0.2) is 0 Å². The molecule has 0 radical (unpaired) electrons. The number of hydrogen-bond acceptors (Lipinski definition) is 3. The number of anilines is 1. The highest BCUT2D eigenvalue weighted by molar-refractivity contribution is 5.76. The molecule has 1 aliphatic rings. The summed E-state index contributed by atoms with van der Waals surface area (Å²) in [5.41, 5.74) is 5.03. The first kappa shape index (κ1) is 20.4. The van der Waals surface area contributed by atoms with Gasteiger partial charge >= 0.3 is 0 Å². The fourth-order valence-corrected chi connectivity index (χ4v) is 3.36. The second-order valence-corrected chi connectivity index (χ2v) is 8.49. The Hall–Kier alpha value is -2.33. The lowest BCUT2D eigenvalue weighted by molar-refractivity contribution is -0.121. The van der Waals surface area contributed by atoms with Crippen molar-refractivity contribution >= 4 is 11.6 Å². The molecule has 0 spiro atoms. The maximum atomic E-state index is 12.2. The summed E-state index contributed by atoms with van der Waals surface area (Å²) in [5.74, 6) is 0.0946. The Balaban J connectivity index is 1.42. The molecular weight excluding hydrogens is 348 g/mol. The van der Waals surface area contributed by atoms with Crippen LogP contribution in [-0.2, 0) is 27.9 Å². The summed E-state index contributed by atoms with van der Waals surface area (Å²) in [6, 6.07) is 17.1. The van der Waals surface area contributed by atoms with Crippen molar-refractivity contribution in [3.8, 4) is 0 Å². The van der Waals surface area contributed by atoms with Crippen LogP contribution in [0.15, 0.2) is 48.5 Å². The summed E-state index contributed by atoms with van der Waals surface area (Å²) in [4.78, 5) is 14.5. The number of ether oxygens (including phenoxy) is 1. The molecule has 4 heteroatoms. The average molecular weight is 381 g/mol. The third kappa shape index (κ3) is 5.83. The van der Waals surface area contributed by atoms with E-state index in [0.29, 0.717) is 13.0 Å². The number of aryl methyl sites for hydroxylation is 1. The van der Waals surface area contributed by atoms with Crippen LogP contribution in [0.2, 0.25) is 0 Å². The zero-order valence-corrected chi connectivity index (χ0v) is 17.3. The number of carbonyl (C=O) groups is 1. The summed E-state index contributed by atoms with van der Waals surface area (Å²) < 4.78 is 5.40. The van der Waals surface area contributed by atoms with Gasteiger partial charge in [0.05, 0.1) is 13.2 Å². The Labute approximate surface area is 168 Å². The van der Waals surface area contributed by atoms with Crippen molar-refractivity contribution < 1.29 is 9.53 Å². The first-order chi connectivity index (χ1) is 13.4. The van der Waals surface area contributed by atoms with Gasteiger partial charge in [0.1, 0.15) is 0 Å². The molecule has 1 saturated heterocycles. The van der Waals surface area contributed by atoms with E-state index in [0.717, 1.165) is 38.3 Å². The van der Waals surface area contributed by atoms with Crippen molar-refractivity contribution in [1.29, 1.82) is 0 Å². The van der Waals surface area contributed by atoms with E-state index < -0.39 is 0 Å². The highest BCUT2D eigenvalue weighted by atomic mass is 16.5. The Kier molecular flexibility index (Phi) is 6.74. The third-order valence-corrected chi connectivity index (χ3v) is 5.26. The van der Waals surface area contributed by atoms with E-state index in [2.05, 4.69) is 79.5 Å². The largest absolute Gasteiger partial charge is 0.378 e. The van der Waals surface area contributed by atoms with Crippen molar-refractivity contribution in [2.45, 2.75) is 45.6 Å². The maximum absolute atomic E-state index is 12.2. The molecule has 0 aromatic heterocycles. The van der Waals surface area contributed by atoms with Gasteiger partial charge in [0.25, 0.3) is 0 Å². The molecular formula is C24H32N2O2. The van der Waals surface area contributed by atoms with Gasteiger partial charge in [-0.1, -0.05) is 57.2 Å². The van der Waals surface area contributed by atoms with Crippen LogP contribution in [0.5, 0.6) is 0 Å². The van der Waals surface area contributed by atoms with Crippen molar-refractivity contribution in [2.24, 2.45) is 0 Å². The smallest absolute Gasteiger partial charge is 0.220 e. The number of nitrogens with one attached hydrogen (secondary N) is 1. The van der Waals surface area contributed by atoms with Crippen LogP contribution in [0.3, 0.4) is 0 Å². The third-order valence-electron chi connectivity index (χ3n) is 5.26. The van der Waals surface area contributed by atoms with E-state index in [9.17, 15) is 4.79 Å². The zero-order chi connectivity index (χ0) is 20.0. The van der Waals surface area contributed by atoms with Crippen LogP contribution < -0.4 is 10.2 Å². The molecule has 3 rings (SSSR count). The standard InChI is InChI=1S/C24H32N2O2/c1-24(2,3)21-9-4-19(5-10-21)8-13-23(27)25-18-20-6-11-22(12-7-20)26-14-16-28-17-15-26/h4-7,9-12H,8,13-18H2,1-3H3,(H,25,27). The molecule has 4 nitrogen and oxygen atoms in total. The normalized spacial score (nSPS) is 14.8. The van der Waals surface area contributed by atoms with Crippen LogP contribution >= 0.6 is 0 Å². The molecule has 1 heterocycles. The van der Waals surface area contributed by atoms with Crippen molar-refractivity contribution in [3.63, 3.8) is 0 Å². The number of rotatable bonds is 6. The van der Waals surface area contributed by atoms with Crippen LogP contribution in [0.25, 0.3) is 0 Å². The van der Waals surface area contributed by atoms with E-state index in [-0.39, 0.29) is 11.3 Å². The second kappa shape index (κ2) is 9.24. The SMILES string of the molecule is CC(C)(C)c1ccc(CCC(=O)NCc2ccc(N3CCOCC3)cc2)cc1. The van der Waals surface area contributed by atoms with Crippen LogP contribution in [0.1, 0.15) is 43.9 Å². The fraction of sp³-hybridized carbons (Fsp3) is 0.458. The van der Waals surface area contributed by atoms with E-state index in [4.69, 9.17) is 4.74 Å². The Bertz CT molecular complexity index is 755. The molecule has 1 fully saturated rings. The molecule has 1 N–H and O–H groups in total. The van der Waals surface area contributed by atoms with Gasteiger partial charge < -0.3 is 15.0 Å². The number of benzene rings is 2. The lowest BCUT2D eigenvalue weighted by atomic mass is 9.86. The molecule has 1 amide bonds. The minimum Gasteiger partial charge on any atom is -0.378 e. The summed E-state index contributed by atoms with van der Waals surface area (Å²) in [5, 5.41) is 3.03. The van der Waals surface area contributed by atoms with E-state index in [1.54, 1.807) is 0 Å². The molecule has 2 aromatic carbocycles. The number of amides is 1. The lowest BCUT2D eigenvalue weighted by Gasteiger charge is -2.28. The summed E-state index contributed by atoms with van der Waals surface area (Å²) in [6.45, 7) is 10.7. The van der Waals surface area contributed by atoms with Crippen LogP contribution in [-0.4, -0.2) is 32.2 Å². The van der Waals surface area contributed by atoms with E-state index >= 15 is 0 Å². The van der Waals surface area contributed by atoms with Gasteiger partial charge in [0.15, 0.2) is 0 Å². The van der Waals surface area contributed by atoms with E-state index in [1.807, 2.05) is 0 Å². The lowest BCUT2D eigenvalue weighted by Crippen LogP contribution is -2.36. The Morgan fingerprint density at radius 2 is 1.57 bits per heavy atom. The highest BCUT2D eigenvalue weighted by Crippen LogP contribution is 2.22. The first-order valence-corrected chi connectivity index (χ1v) is 10.2. The average Bonchev–Trinajstić information content (AvgIpc) is 2.71. The number of hydrogen-bond donors (Lipinski definition) is 1. The second-order valence-electron chi connectivity index (χ2n) is 8.49. The van der Waals surface area contributed by atoms with Crippen molar-refractivity contribution in [1.82, 2.24) is 5.32 Å². The fourth-order valence-electron chi connectivity index (χ4n) is 3.36. The predicted molar refractivity (Wildman–Crippen MR) is 115 cm³/mol. The van der Waals surface area contributed by atoms with Crippen molar-refractivity contribution in [3.05, 3.63) is 65.2 Å². The number of carbonyl (C=O) groups excluding carboxylic acids is 1. The molecule has 28 heavy (non-hydrogen) atoms. The molecule has 150 valence electrons. The molecule has 0 aliphatic carbocycles. The number of nitrogens with zero attached hydrogens (tertiary/aromatic N) is 1. The zero-order valence-electron chi connectivity index (χ0n) is 17.3. The van der Waals surface area contributed by atoms with Gasteiger partial charge in [-0.3, -0.25) is 4.79 Å². The first-order valence-electron chi connectivity index (χ1n) is 10.2. The molecule has 0 unspecified atom stereocenters. The topological polar surface area (TPSA) is 41.6 Å². The summed E-state index contributed by atoms with van der Waals surface area (Å²) in [7, 11) is 0. The van der Waals surface area contributed by atoms with Gasteiger partial charge in [-0.15, -0.1) is 0 Å². The minimum absolute atomic E-state index is 0.0946. The predicted octanol–water partition coefficient (Wildman–Crippen LogP) is 4.07. The van der Waals surface area contributed by atoms with Crippen LogP contribution in [0, 0.1) is 0 Å². The van der Waals surface area contributed by atoms with Gasteiger partial charge in [-0.05, 0) is 40.7 Å². The molecule has 0 saturated carbocycles. The van der Waals surface area contributed by atoms with Crippen molar-refractivity contribution in [2.75, 3.05) is 31.2 Å². The number of morpholine rings is 1. The molecule has 1 aliphatic heterocycles. The quantitative estimate of drug-likeness (QED) is 0.821.